The second-order valence-electron chi connectivity index (χ2n) is 8.96. The van der Waals surface area contributed by atoms with Crippen molar-refractivity contribution >= 4 is 17.5 Å². The standard InChI is InChI=1S/C23H28F4N6O3/c24-20-21(29-9-15-5-6-32(10-18(15)34)11-19(28)35)30-13-31-22(20)33-7-8-36-12-17(33)14-1-3-16(4-2-14)23(25,26)27/h1-4,13,15,17-18,34H,5-12H2,(H2,28,35)(H,29,30,31). The van der Waals surface area contributed by atoms with E-state index in [2.05, 4.69) is 15.3 Å². The molecule has 3 heterocycles. The summed E-state index contributed by atoms with van der Waals surface area (Å²) in [4.78, 5) is 22.6. The molecule has 2 aromatic rings. The normalized spacial score (nSPS) is 23.5. The summed E-state index contributed by atoms with van der Waals surface area (Å²) in [7, 11) is 0. The Labute approximate surface area is 205 Å². The van der Waals surface area contributed by atoms with Crippen LogP contribution in [0.25, 0.3) is 0 Å². The predicted molar refractivity (Wildman–Crippen MR) is 123 cm³/mol. The maximum atomic E-state index is 15.5. The third-order valence-electron chi connectivity index (χ3n) is 6.51. The summed E-state index contributed by atoms with van der Waals surface area (Å²) in [6, 6.07) is 4.17. The largest absolute Gasteiger partial charge is 0.416 e. The molecule has 9 nitrogen and oxygen atoms in total. The number of likely N-dealkylation sites (tertiary alicyclic amines) is 1. The highest BCUT2D eigenvalue weighted by Crippen LogP contribution is 2.34. The van der Waals surface area contributed by atoms with Crippen LogP contribution in [0.4, 0.5) is 29.2 Å². The van der Waals surface area contributed by atoms with Crippen molar-refractivity contribution in [2.24, 2.45) is 11.7 Å². The summed E-state index contributed by atoms with van der Waals surface area (Å²) >= 11 is 0. The van der Waals surface area contributed by atoms with Crippen molar-refractivity contribution in [1.29, 1.82) is 0 Å². The minimum atomic E-state index is -4.45. The predicted octanol–water partition coefficient (Wildman–Crippen LogP) is 1.79. The topological polar surface area (TPSA) is 117 Å². The quantitative estimate of drug-likeness (QED) is 0.481. The van der Waals surface area contributed by atoms with Gasteiger partial charge in [0.1, 0.15) is 6.33 Å². The van der Waals surface area contributed by atoms with Gasteiger partial charge in [0.15, 0.2) is 11.6 Å². The van der Waals surface area contributed by atoms with Crippen molar-refractivity contribution in [2.75, 3.05) is 56.2 Å². The second kappa shape index (κ2) is 10.9. The van der Waals surface area contributed by atoms with Crippen LogP contribution in [0.2, 0.25) is 0 Å². The third-order valence-corrected chi connectivity index (χ3v) is 6.51. The van der Waals surface area contributed by atoms with Crippen LogP contribution in [0.3, 0.4) is 0 Å². The molecular weight excluding hydrogens is 484 g/mol. The molecule has 2 aliphatic heterocycles. The second-order valence-corrected chi connectivity index (χ2v) is 8.96. The number of nitrogens with zero attached hydrogens (tertiary/aromatic N) is 4. The lowest BCUT2D eigenvalue weighted by atomic mass is 9.93. The minimum absolute atomic E-state index is 0.0116. The Morgan fingerprint density at radius 3 is 2.64 bits per heavy atom. The van der Waals surface area contributed by atoms with Crippen molar-refractivity contribution in [1.82, 2.24) is 14.9 Å². The summed E-state index contributed by atoms with van der Waals surface area (Å²) < 4.78 is 59.9. The van der Waals surface area contributed by atoms with E-state index in [-0.39, 0.29) is 50.3 Å². The van der Waals surface area contributed by atoms with Gasteiger partial charge in [0.05, 0.1) is 37.5 Å². The van der Waals surface area contributed by atoms with E-state index in [0.29, 0.717) is 25.1 Å². The number of rotatable bonds is 7. The lowest BCUT2D eigenvalue weighted by Crippen LogP contribution is -2.48. The average Bonchev–Trinajstić information content (AvgIpc) is 2.83. The van der Waals surface area contributed by atoms with E-state index >= 15 is 4.39 Å². The SMILES string of the molecule is NC(=O)CN1CCC(CNc2ncnc(N3CCOCC3c3ccc(C(F)(F)F)cc3)c2F)C(O)C1. The number of alkyl halides is 3. The van der Waals surface area contributed by atoms with Crippen LogP contribution in [0.5, 0.6) is 0 Å². The lowest BCUT2D eigenvalue weighted by molar-refractivity contribution is -0.137. The molecule has 2 fully saturated rings. The van der Waals surface area contributed by atoms with E-state index in [9.17, 15) is 23.1 Å². The van der Waals surface area contributed by atoms with Gasteiger partial charge in [-0.25, -0.2) is 9.97 Å². The molecule has 36 heavy (non-hydrogen) atoms. The summed E-state index contributed by atoms with van der Waals surface area (Å²) in [5.74, 6) is -1.37. The van der Waals surface area contributed by atoms with Gasteiger partial charge in [-0.2, -0.15) is 17.6 Å². The molecular formula is C23H28F4N6O3. The summed E-state index contributed by atoms with van der Waals surface area (Å²) in [6.45, 7) is 1.94. The first-order chi connectivity index (χ1) is 17.1. The Morgan fingerprint density at radius 2 is 1.97 bits per heavy atom. The molecule has 0 spiro atoms. The molecule has 1 aromatic carbocycles. The third kappa shape index (κ3) is 6.02. The number of hydrogen-bond acceptors (Lipinski definition) is 8. The highest BCUT2D eigenvalue weighted by molar-refractivity contribution is 5.75. The maximum absolute atomic E-state index is 15.5. The number of anilines is 2. The number of hydrogen-bond donors (Lipinski definition) is 3. The van der Waals surface area contributed by atoms with Gasteiger partial charge in [-0.3, -0.25) is 9.69 Å². The molecule has 0 saturated carbocycles. The number of primary amides is 1. The molecule has 4 rings (SSSR count). The number of halogens is 4. The number of nitrogens with two attached hydrogens (primary N) is 1. The Hall–Kier alpha value is -3.03. The number of piperidine rings is 1. The Bertz CT molecular complexity index is 1060. The van der Waals surface area contributed by atoms with E-state index < -0.39 is 35.6 Å². The zero-order valence-corrected chi connectivity index (χ0v) is 19.4. The van der Waals surface area contributed by atoms with E-state index in [4.69, 9.17) is 10.5 Å². The van der Waals surface area contributed by atoms with Gasteiger partial charge in [-0.15, -0.1) is 0 Å². The molecule has 196 valence electrons. The van der Waals surface area contributed by atoms with Crippen LogP contribution < -0.4 is 16.0 Å². The van der Waals surface area contributed by atoms with Gasteiger partial charge in [-0.1, -0.05) is 12.1 Å². The van der Waals surface area contributed by atoms with Crippen molar-refractivity contribution in [2.45, 2.75) is 24.7 Å². The minimum Gasteiger partial charge on any atom is -0.391 e. The molecule has 4 N–H and O–H groups in total. The van der Waals surface area contributed by atoms with Gasteiger partial charge in [0, 0.05) is 25.6 Å². The fraction of sp³-hybridized carbons (Fsp3) is 0.522. The highest BCUT2D eigenvalue weighted by Gasteiger charge is 2.33. The molecule has 3 unspecified atom stereocenters. The summed E-state index contributed by atoms with van der Waals surface area (Å²) in [6.07, 6.45) is -3.38. The van der Waals surface area contributed by atoms with E-state index in [0.717, 1.165) is 12.1 Å². The maximum Gasteiger partial charge on any atom is 0.416 e. The highest BCUT2D eigenvalue weighted by atomic mass is 19.4. The molecule has 2 aliphatic rings. The fourth-order valence-electron chi connectivity index (χ4n) is 4.59. The number of amides is 1. The number of β-amino-alcohol motifs (C(OH)–C–C–N with tert-alkyl or cyclic N) is 1. The molecule has 1 aromatic heterocycles. The Morgan fingerprint density at radius 1 is 1.22 bits per heavy atom. The van der Waals surface area contributed by atoms with Gasteiger partial charge >= 0.3 is 6.18 Å². The first-order valence-corrected chi connectivity index (χ1v) is 11.6. The molecule has 0 bridgehead atoms. The number of nitrogens with one attached hydrogen (secondary N) is 1. The number of carbonyl (C=O) groups is 1. The number of aliphatic hydroxyl groups is 1. The molecule has 3 atom stereocenters. The number of carbonyl (C=O) groups excluding carboxylic acids is 1. The van der Waals surface area contributed by atoms with Crippen LogP contribution in [0.1, 0.15) is 23.6 Å². The molecule has 0 radical (unpaired) electrons. The Balaban J connectivity index is 1.46. The first-order valence-electron chi connectivity index (χ1n) is 11.6. The van der Waals surface area contributed by atoms with Crippen LogP contribution >= 0.6 is 0 Å². The van der Waals surface area contributed by atoms with Gasteiger partial charge in [0.25, 0.3) is 0 Å². The van der Waals surface area contributed by atoms with Gasteiger partial charge in [0.2, 0.25) is 11.7 Å². The molecule has 13 heteroatoms. The van der Waals surface area contributed by atoms with Crippen LogP contribution in [0, 0.1) is 11.7 Å². The van der Waals surface area contributed by atoms with Crippen LogP contribution in [-0.4, -0.2) is 77.9 Å². The van der Waals surface area contributed by atoms with Gasteiger partial charge < -0.3 is 25.8 Å². The Kier molecular flexibility index (Phi) is 7.91. The zero-order valence-electron chi connectivity index (χ0n) is 19.4. The van der Waals surface area contributed by atoms with Gasteiger partial charge in [-0.05, 0) is 30.7 Å². The molecule has 2 saturated heterocycles. The summed E-state index contributed by atoms with van der Waals surface area (Å²) in [5, 5.41) is 13.4. The van der Waals surface area contributed by atoms with Crippen LogP contribution in [-0.2, 0) is 15.7 Å². The average molecular weight is 513 g/mol. The van der Waals surface area contributed by atoms with E-state index in [1.54, 1.807) is 9.80 Å². The number of ether oxygens (including phenoxy) is 1. The lowest BCUT2D eigenvalue weighted by Gasteiger charge is -2.37. The smallest absolute Gasteiger partial charge is 0.391 e. The van der Waals surface area contributed by atoms with Crippen molar-refractivity contribution in [3.63, 3.8) is 0 Å². The van der Waals surface area contributed by atoms with Crippen molar-refractivity contribution < 1.29 is 32.2 Å². The first kappa shape index (κ1) is 26.0. The molecule has 1 amide bonds. The van der Waals surface area contributed by atoms with E-state index in [1.165, 1.54) is 18.5 Å². The molecule has 0 aliphatic carbocycles. The van der Waals surface area contributed by atoms with E-state index in [1.807, 2.05) is 0 Å². The number of benzene rings is 1. The van der Waals surface area contributed by atoms with Crippen molar-refractivity contribution in [3.8, 4) is 0 Å². The van der Waals surface area contributed by atoms with Crippen LogP contribution in [0.15, 0.2) is 30.6 Å². The number of morpholine rings is 1. The fourth-order valence-corrected chi connectivity index (χ4v) is 4.59. The van der Waals surface area contributed by atoms with Crippen molar-refractivity contribution in [3.05, 3.63) is 47.5 Å². The summed E-state index contributed by atoms with van der Waals surface area (Å²) in [5.41, 5.74) is 4.99. The zero-order chi connectivity index (χ0) is 25.9. The monoisotopic (exact) mass is 512 g/mol. The number of aliphatic hydroxyl groups excluding tert-OH is 1. The number of aromatic nitrogens is 2.